The molecule has 1 heterocycles. The average Bonchev–Trinajstić information content (AvgIpc) is 2.59. The van der Waals surface area contributed by atoms with Crippen LogP contribution < -0.4 is 0 Å². The first-order valence-corrected chi connectivity index (χ1v) is 4.51. The summed E-state index contributed by atoms with van der Waals surface area (Å²) in [4.78, 5) is 4.00. The van der Waals surface area contributed by atoms with Crippen LogP contribution in [0.1, 0.15) is 18.4 Å². The smallest absolute Gasteiger partial charge is 0.0270 e. The first-order valence-electron chi connectivity index (χ1n) is 4.51. The zero-order valence-corrected chi connectivity index (χ0v) is 7.11. The maximum absolute atomic E-state index is 4.00. The third-order valence-electron chi connectivity index (χ3n) is 2.36. The molecule has 2 rings (SSSR count). The van der Waals surface area contributed by atoms with Crippen molar-refractivity contribution < 1.29 is 0 Å². The molecule has 0 N–H and O–H groups in total. The topological polar surface area (TPSA) is 12.9 Å². The highest BCUT2D eigenvalue weighted by Gasteiger charge is 2.08. The highest BCUT2D eigenvalue weighted by atomic mass is 14.6. The Morgan fingerprint density at radius 1 is 1.33 bits per heavy atom. The highest BCUT2D eigenvalue weighted by Crippen LogP contribution is 2.20. The molecule has 0 amide bonds. The van der Waals surface area contributed by atoms with Gasteiger partial charge in [0, 0.05) is 12.4 Å². The SMILES string of the molecule is C1=CC(Cc2ccncc2)CC1. The van der Waals surface area contributed by atoms with Crippen molar-refractivity contribution in [3.05, 3.63) is 42.2 Å². The van der Waals surface area contributed by atoms with E-state index in [2.05, 4.69) is 29.3 Å². The average molecular weight is 159 g/mol. The second-order valence-electron chi connectivity index (χ2n) is 3.33. The van der Waals surface area contributed by atoms with Crippen molar-refractivity contribution in [2.24, 2.45) is 5.92 Å². The molecule has 0 aromatic carbocycles. The minimum Gasteiger partial charge on any atom is -0.265 e. The van der Waals surface area contributed by atoms with Gasteiger partial charge >= 0.3 is 0 Å². The molecule has 0 saturated heterocycles. The van der Waals surface area contributed by atoms with Crippen LogP contribution in [0.25, 0.3) is 0 Å². The van der Waals surface area contributed by atoms with Crippen molar-refractivity contribution in [1.29, 1.82) is 0 Å². The molecule has 1 aromatic heterocycles. The fourth-order valence-electron chi connectivity index (χ4n) is 1.69. The van der Waals surface area contributed by atoms with E-state index in [4.69, 9.17) is 0 Å². The van der Waals surface area contributed by atoms with Gasteiger partial charge in [-0.05, 0) is 42.9 Å². The van der Waals surface area contributed by atoms with E-state index in [1.807, 2.05) is 12.4 Å². The van der Waals surface area contributed by atoms with Crippen LogP contribution in [0.4, 0.5) is 0 Å². The summed E-state index contributed by atoms with van der Waals surface area (Å²) in [6.45, 7) is 0. The summed E-state index contributed by atoms with van der Waals surface area (Å²) in [5.41, 5.74) is 1.40. The van der Waals surface area contributed by atoms with Gasteiger partial charge in [0.05, 0.1) is 0 Å². The van der Waals surface area contributed by atoms with Crippen LogP contribution in [0.15, 0.2) is 36.7 Å². The molecule has 1 aliphatic rings. The minimum atomic E-state index is 0.771. The summed E-state index contributed by atoms with van der Waals surface area (Å²) in [6, 6.07) is 4.21. The van der Waals surface area contributed by atoms with Crippen LogP contribution in [-0.2, 0) is 6.42 Å². The van der Waals surface area contributed by atoms with Crippen LogP contribution in [-0.4, -0.2) is 4.98 Å². The predicted octanol–water partition coefficient (Wildman–Crippen LogP) is 2.59. The van der Waals surface area contributed by atoms with Crippen molar-refractivity contribution in [2.45, 2.75) is 19.3 Å². The number of pyridine rings is 1. The van der Waals surface area contributed by atoms with Gasteiger partial charge < -0.3 is 0 Å². The molecule has 1 atom stereocenters. The molecule has 0 radical (unpaired) electrons. The van der Waals surface area contributed by atoms with Crippen molar-refractivity contribution in [1.82, 2.24) is 4.98 Å². The lowest BCUT2D eigenvalue weighted by Gasteiger charge is -2.05. The van der Waals surface area contributed by atoms with E-state index in [9.17, 15) is 0 Å². The Kier molecular flexibility index (Phi) is 2.21. The normalized spacial score (nSPS) is 21.5. The van der Waals surface area contributed by atoms with Crippen molar-refractivity contribution in [3.8, 4) is 0 Å². The first kappa shape index (κ1) is 7.53. The van der Waals surface area contributed by atoms with E-state index in [1.165, 1.54) is 24.8 Å². The van der Waals surface area contributed by atoms with Crippen LogP contribution >= 0.6 is 0 Å². The second-order valence-corrected chi connectivity index (χ2v) is 3.33. The third kappa shape index (κ3) is 1.73. The van der Waals surface area contributed by atoms with Gasteiger partial charge in [0.15, 0.2) is 0 Å². The van der Waals surface area contributed by atoms with E-state index in [1.54, 1.807) is 0 Å². The molecule has 0 fully saturated rings. The molecule has 0 saturated carbocycles. The van der Waals surface area contributed by atoms with Crippen LogP contribution in [0.5, 0.6) is 0 Å². The first-order chi connectivity index (χ1) is 5.95. The van der Waals surface area contributed by atoms with E-state index in [0.717, 1.165) is 5.92 Å². The number of rotatable bonds is 2. The van der Waals surface area contributed by atoms with Crippen molar-refractivity contribution >= 4 is 0 Å². The van der Waals surface area contributed by atoms with Gasteiger partial charge in [0.25, 0.3) is 0 Å². The largest absolute Gasteiger partial charge is 0.265 e. The van der Waals surface area contributed by atoms with Gasteiger partial charge in [0.1, 0.15) is 0 Å². The summed E-state index contributed by atoms with van der Waals surface area (Å²) in [5, 5.41) is 0. The van der Waals surface area contributed by atoms with Gasteiger partial charge in [0.2, 0.25) is 0 Å². The quantitative estimate of drug-likeness (QED) is 0.604. The highest BCUT2D eigenvalue weighted by molar-refractivity contribution is 5.13. The molecule has 12 heavy (non-hydrogen) atoms. The molecule has 0 spiro atoms. The molecule has 0 aliphatic heterocycles. The second kappa shape index (κ2) is 3.53. The lowest BCUT2D eigenvalue weighted by atomic mass is 10.00. The standard InChI is InChI=1S/C11H13N/c1-2-4-10(3-1)9-11-5-7-12-8-6-11/h1,3,5-8,10H,2,4,9H2. The zero-order chi connectivity index (χ0) is 8.23. The Bertz CT molecular complexity index is 264. The molecule has 0 bridgehead atoms. The monoisotopic (exact) mass is 159 g/mol. The molecule has 1 aliphatic carbocycles. The maximum atomic E-state index is 4.00. The number of hydrogen-bond acceptors (Lipinski definition) is 1. The summed E-state index contributed by atoms with van der Waals surface area (Å²) in [5.74, 6) is 0.771. The Morgan fingerprint density at radius 2 is 2.17 bits per heavy atom. The number of hydrogen-bond donors (Lipinski definition) is 0. The lowest BCUT2D eigenvalue weighted by molar-refractivity contribution is 0.629. The van der Waals surface area contributed by atoms with Crippen LogP contribution in [0.2, 0.25) is 0 Å². The van der Waals surface area contributed by atoms with Crippen molar-refractivity contribution in [2.75, 3.05) is 0 Å². The molecule has 1 heteroatoms. The zero-order valence-electron chi connectivity index (χ0n) is 7.11. The third-order valence-corrected chi connectivity index (χ3v) is 2.36. The molecular weight excluding hydrogens is 146 g/mol. The van der Waals surface area contributed by atoms with Gasteiger partial charge in [-0.2, -0.15) is 0 Å². The van der Waals surface area contributed by atoms with Crippen molar-refractivity contribution in [3.63, 3.8) is 0 Å². The van der Waals surface area contributed by atoms with Crippen LogP contribution in [0, 0.1) is 5.92 Å². The lowest BCUT2D eigenvalue weighted by Crippen LogP contribution is -1.97. The minimum absolute atomic E-state index is 0.771. The maximum Gasteiger partial charge on any atom is 0.0270 e. The Labute approximate surface area is 73.1 Å². The summed E-state index contributed by atoms with van der Waals surface area (Å²) >= 11 is 0. The summed E-state index contributed by atoms with van der Waals surface area (Å²) in [6.07, 6.45) is 12.1. The number of allylic oxidation sites excluding steroid dienone is 2. The fourth-order valence-corrected chi connectivity index (χ4v) is 1.69. The van der Waals surface area contributed by atoms with E-state index in [0.29, 0.717) is 0 Å². The Balaban J connectivity index is 1.99. The van der Waals surface area contributed by atoms with Gasteiger partial charge in [-0.25, -0.2) is 0 Å². The molecule has 1 nitrogen and oxygen atoms in total. The van der Waals surface area contributed by atoms with E-state index in [-0.39, 0.29) is 0 Å². The summed E-state index contributed by atoms with van der Waals surface area (Å²) < 4.78 is 0. The van der Waals surface area contributed by atoms with Gasteiger partial charge in [-0.15, -0.1) is 0 Å². The van der Waals surface area contributed by atoms with Crippen LogP contribution in [0.3, 0.4) is 0 Å². The number of aromatic nitrogens is 1. The Morgan fingerprint density at radius 3 is 2.83 bits per heavy atom. The molecule has 1 aromatic rings. The molecule has 62 valence electrons. The summed E-state index contributed by atoms with van der Waals surface area (Å²) in [7, 11) is 0. The number of nitrogens with zero attached hydrogens (tertiary/aromatic N) is 1. The van der Waals surface area contributed by atoms with E-state index >= 15 is 0 Å². The van der Waals surface area contributed by atoms with Gasteiger partial charge in [-0.1, -0.05) is 12.2 Å². The Hall–Kier alpha value is -1.11. The fraction of sp³-hybridized carbons (Fsp3) is 0.364. The van der Waals surface area contributed by atoms with E-state index < -0.39 is 0 Å². The molecular formula is C11H13N. The molecule has 1 unspecified atom stereocenters. The van der Waals surface area contributed by atoms with Gasteiger partial charge in [-0.3, -0.25) is 4.98 Å². The predicted molar refractivity (Wildman–Crippen MR) is 49.8 cm³/mol.